The summed E-state index contributed by atoms with van der Waals surface area (Å²) in [5.74, 6) is 1.56. The Hall–Kier alpha value is -3.68. The van der Waals surface area contributed by atoms with E-state index in [9.17, 15) is 20.3 Å². The van der Waals surface area contributed by atoms with Gasteiger partial charge in [0.25, 0.3) is 0 Å². The summed E-state index contributed by atoms with van der Waals surface area (Å²) in [6.45, 7) is 5.44. The second kappa shape index (κ2) is 8.68. The van der Waals surface area contributed by atoms with E-state index in [-0.39, 0.29) is 48.9 Å². The van der Waals surface area contributed by atoms with Crippen molar-refractivity contribution in [1.29, 1.82) is 5.26 Å². The van der Waals surface area contributed by atoms with E-state index in [1.54, 1.807) is 14.0 Å². The van der Waals surface area contributed by atoms with Gasteiger partial charge in [-0.3, -0.25) is 14.6 Å². The van der Waals surface area contributed by atoms with Gasteiger partial charge in [0.05, 0.1) is 25.3 Å². The average Bonchev–Trinajstić information content (AvgIpc) is 3.36. The van der Waals surface area contributed by atoms with Crippen molar-refractivity contribution in [3.63, 3.8) is 0 Å². The van der Waals surface area contributed by atoms with E-state index >= 15 is 0 Å². The molecule has 38 heavy (non-hydrogen) atoms. The monoisotopic (exact) mass is 520 g/mol. The van der Waals surface area contributed by atoms with Gasteiger partial charge in [-0.2, -0.15) is 5.26 Å². The summed E-state index contributed by atoms with van der Waals surface area (Å²) in [6, 6.07) is 2.95. The number of aryl methyl sites for hydroxylation is 1. The van der Waals surface area contributed by atoms with Crippen LogP contribution < -0.4 is 19.5 Å². The molecule has 1 unspecified atom stereocenters. The number of nitriles is 1. The van der Waals surface area contributed by atoms with Crippen LogP contribution in [0.2, 0.25) is 0 Å². The summed E-state index contributed by atoms with van der Waals surface area (Å²) in [6.07, 6.45) is 1.00. The first kappa shape index (κ1) is 24.6. The third-order valence-electron chi connectivity index (χ3n) is 8.84. The molecule has 0 spiro atoms. The summed E-state index contributed by atoms with van der Waals surface area (Å²) >= 11 is 0. The number of aromatic hydroxyl groups is 2. The van der Waals surface area contributed by atoms with Gasteiger partial charge >= 0.3 is 0 Å². The van der Waals surface area contributed by atoms with Crippen LogP contribution in [0.3, 0.4) is 0 Å². The van der Waals surface area contributed by atoms with E-state index in [2.05, 4.69) is 27.3 Å². The lowest BCUT2D eigenvalue weighted by atomic mass is 9.71. The number of fused-ring (bicyclic) bond motifs is 9. The number of nitrogens with one attached hydrogen (secondary N) is 1. The van der Waals surface area contributed by atoms with Crippen LogP contribution in [0.4, 0.5) is 0 Å². The molecule has 1 fully saturated rings. The van der Waals surface area contributed by atoms with Gasteiger partial charge in [0, 0.05) is 47.8 Å². The van der Waals surface area contributed by atoms with Gasteiger partial charge < -0.3 is 29.7 Å². The van der Waals surface area contributed by atoms with Crippen molar-refractivity contribution in [3.05, 3.63) is 39.4 Å². The number of hydrogen-bond acceptors (Lipinski definition) is 9. The van der Waals surface area contributed by atoms with E-state index in [0.717, 1.165) is 27.8 Å². The molecule has 0 aliphatic carbocycles. The molecule has 6 rings (SSSR count). The third-order valence-corrected chi connectivity index (χ3v) is 8.84. The Morgan fingerprint density at radius 1 is 1.18 bits per heavy atom. The molecule has 0 aromatic heterocycles. The number of methoxy groups -OCH3 is 1. The largest absolute Gasteiger partial charge is 0.507 e. The third kappa shape index (κ3) is 3.21. The average molecular weight is 521 g/mol. The van der Waals surface area contributed by atoms with E-state index in [1.165, 1.54) is 6.92 Å². The number of nitrogens with zero attached hydrogens (tertiary/aromatic N) is 3. The number of rotatable bonds is 3. The Morgan fingerprint density at radius 3 is 2.61 bits per heavy atom. The molecule has 2 aromatic rings. The van der Waals surface area contributed by atoms with Gasteiger partial charge in [0.15, 0.2) is 23.0 Å². The molecule has 3 N–H and O–H groups in total. The minimum absolute atomic E-state index is 0.0401. The predicted molar refractivity (Wildman–Crippen MR) is 137 cm³/mol. The molecular formula is C28H32N4O6. The van der Waals surface area contributed by atoms with E-state index in [1.807, 2.05) is 14.0 Å². The minimum atomic E-state index is -0.507. The molecule has 4 heterocycles. The van der Waals surface area contributed by atoms with Crippen molar-refractivity contribution < 1.29 is 29.2 Å². The fourth-order valence-corrected chi connectivity index (χ4v) is 7.28. The van der Waals surface area contributed by atoms with E-state index in [4.69, 9.17) is 14.2 Å². The van der Waals surface area contributed by atoms with Gasteiger partial charge in [-0.25, -0.2) is 0 Å². The van der Waals surface area contributed by atoms with Crippen LogP contribution in [0, 0.1) is 25.2 Å². The maximum Gasteiger partial charge on any atom is 0.231 e. The first-order valence-electron chi connectivity index (χ1n) is 12.9. The van der Waals surface area contributed by atoms with Crippen molar-refractivity contribution in [2.24, 2.45) is 0 Å². The van der Waals surface area contributed by atoms with E-state index in [0.29, 0.717) is 35.7 Å². The number of benzene rings is 2. The Balaban J connectivity index is 1.60. The summed E-state index contributed by atoms with van der Waals surface area (Å²) in [5.41, 5.74) is 4.71. The molecule has 4 aliphatic heterocycles. The molecule has 10 nitrogen and oxygen atoms in total. The normalized spacial score (nSPS) is 27.1. The molecule has 2 aromatic carbocycles. The lowest BCUT2D eigenvalue weighted by molar-refractivity contribution is -0.120. The highest BCUT2D eigenvalue weighted by atomic mass is 16.7. The summed E-state index contributed by atoms with van der Waals surface area (Å²) in [5, 5.41) is 36.3. The zero-order valence-electron chi connectivity index (χ0n) is 22.2. The molecular weight excluding hydrogens is 488 g/mol. The Kier molecular flexibility index (Phi) is 5.63. The quantitative estimate of drug-likeness (QED) is 0.559. The van der Waals surface area contributed by atoms with Crippen LogP contribution in [0.1, 0.15) is 52.4 Å². The fourth-order valence-electron chi connectivity index (χ4n) is 7.28. The van der Waals surface area contributed by atoms with Crippen LogP contribution in [-0.2, 0) is 17.6 Å². The maximum absolute atomic E-state index is 12.1. The van der Waals surface area contributed by atoms with Gasteiger partial charge in [-0.15, -0.1) is 0 Å². The standard InChI is InChI=1S/C28H32N4O6/c1-12-6-15-7-17-19(9-29)32-18(23(31(17)4)21(15)25(35)26(12)36-5)8-16-22(20(32)10-30-14(3)33)28-27(37-11-38-28)13(2)24(16)34/h6,17-20,23,34-35H,7-8,10-11H2,1-5H3,(H,30,33)/t17-,18?,19-,20-,23+/m0/s1. The first-order chi connectivity index (χ1) is 18.2. The van der Waals surface area contributed by atoms with Gasteiger partial charge in [-0.05, 0) is 44.9 Å². The molecule has 5 atom stereocenters. The van der Waals surface area contributed by atoms with Crippen molar-refractivity contribution in [2.75, 3.05) is 27.5 Å². The van der Waals surface area contributed by atoms with Crippen LogP contribution >= 0.6 is 0 Å². The van der Waals surface area contributed by atoms with Crippen LogP contribution in [0.5, 0.6) is 28.7 Å². The van der Waals surface area contributed by atoms with E-state index < -0.39 is 12.1 Å². The second-order valence-corrected chi connectivity index (χ2v) is 10.7. The Bertz CT molecular complexity index is 1400. The van der Waals surface area contributed by atoms with Crippen molar-refractivity contribution in [3.8, 4) is 34.8 Å². The van der Waals surface area contributed by atoms with Gasteiger partial charge in [0.1, 0.15) is 11.8 Å². The lowest BCUT2D eigenvalue weighted by Gasteiger charge is -2.60. The highest BCUT2D eigenvalue weighted by Crippen LogP contribution is 2.58. The Morgan fingerprint density at radius 2 is 1.92 bits per heavy atom. The van der Waals surface area contributed by atoms with Crippen molar-refractivity contribution in [2.45, 2.75) is 63.8 Å². The zero-order valence-corrected chi connectivity index (χ0v) is 22.2. The van der Waals surface area contributed by atoms with Crippen LogP contribution in [0.25, 0.3) is 0 Å². The van der Waals surface area contributed by atoms with Gasteiger partial charge in [0.2, 0.25) is 12.7 Å². The number of phenolic OH excluding ortho intramolecular Hbond substituents is 2. The highest BCUT2D eigenvalue weighted by molar-refractivity contribution is 5.73. The SMILES string of the molecule is COc1c(C)cc2c(c1O)[C@H]1C3Cc4c(O)c(C)c5c(c4[C@H](CNC(C)=O)N3[C@@H](C#N)[C@H](C2)N1C)OCO5. The molecule has 200 valence electrons. The molecule has 10 heteroatoms. The highest BCUT2D eigenvalue weighted by Gasteiger charge is 2.56. The Labute approximate surface area is 221 Å². The summed E-state index contributed by atoms with van der Waals surface area (Å²) in [4.78, 5) is 16.4. The number of amides is 1. The number of ether oxygens (including phenoxy) is 3. The molecule has 0 radical (unpaired) electrons. The number of likely N-dealkylation sites (N-methyl/N-ethyl adjacent to an activating group) is 1. The number of carbonyl (C=O) groups excluding carboxylic acids is 1. The smallest absolute Gasteiger partial charge is 0.231 e. The fraction of sp³-hybridized carbons (Fsp3) is 0.500. The molecule has 2 bridgehead atoms. The predicted octanol–water partition coefficient (Wildman–Crippen LogP) is 2.36. The van der Waals surface area contributed by atoms with Crippen LogP contribution in [-0.4, -0.2) is 71.5 Å². The topological polar surface area (TPSA) is 128 Å². The van der Waals surface area contributed by atoms with Crippen LogP contribution in [0.15, 0.2) is 6.07 Å². The number of piperazine rings is 1. The van der Waals surface area contributed by atoms with Crippen molar-refractivity contribution >= 4 is 5.91 Å². The molecule has 1 saturated heterocycles. The van der Waals surface area contributed by atoms with Crippen molar-refractivity contribution in [1.82, 2.24) is 15.1 Å². The summed E-state index contributed by atoms with van der Waals surface area (Å²) in [7, 11) is 3.54. The number of hydrogen-bond donors (Lipinski definition) is 3. The molecule has 1 amide bonds. The minimum Gasteiger partial charge on any atom is -0.507 e. The van der Waals surface area contributed by atoms with Gasteiger partial charge in [-0.1, -0.05) is 6.07 Å². The first-order valence-corrected chi connectivity index (χ1v) is 12.9. The molecule has 4 aliphatic rings. The zero-order chi connectivity index (χ0) is 27.0. The number of carbonyl (C=O) groups is 1. The summed E-state index contributed by atoms with van der Waals surface area (Å²) < 4.78 is 17.2. The second-order valence-electron chi connectivity index (χ2n) is 10.7. The number of phenols is 2. The maximum atomic E-state index is 12.1. The lowest BCUT2D eigenvalue weighted by Crippen LogP contribution is -2.68. The molecule has 0 saturated carbocycles.